The Bertz CT molecular complexity index is 1510. The predicted molar refractivity (Wildman–Crippen MR) is 157 cm³/mol. The number of hydrogen-bond acceptors (Lipinski definition) is 11. The second-order valence-electron chi connectivity index (χ2n) is 13.3. The smallest absolute Gasteiger partial charge is 0.253 e. The number of carbonyl (C=O) groups is 3. The number of nitrogens with zero attached hydrogens (tertiary/aromatic N) is 3. The van der Waals surface area contributed by atoms with Crippen molar-refractivity contribution in [2.45, 2.75) is 55.6 Å². The number of ketones is 1. The molecule has 13 nitrogen and oxygen atoms in total. The van der Waals surface area contributed by atoms with E-state index in [2.05, 4.69) is 0 Å². The Balaban J connectivity index is 1.66. The number of rotatable bonds is 7. The van der Waals surface area contributed by atoms with Crippen molar-refractivity contribution in [1.29, 1.82) is 0 Å². The fourth-order valence-corrected chi connectivity index (χ4v) is 7.49. The van der Waals surface area contributed by atoms with Gasteiger partial charge in [-0.2, -0.15) is 0 Å². The molecule has 234 valence electrons. The molecule has 1 saturated carbocycles. The lowest BCUT2D eigenvalue weighted by Crippen LogP contribution is -2.60. The summed E-state index contributed by atoms with van der Waals surface area (Å²) in [5.74, 6) is -6.96. The minimum absolute atomic E-state index is 0.0108. The maximum Gasteiger partial charge on any atom is 0.253 e. The fraction of sp³-hybridized carbons (Fsp3) is 0.567. The lowest BCUT2D eigenvalue weighted by molar-refractivity contribution is -0.130. The third kappa shape index (κ3) is 4.24. The van der Waals surface area contributed by atoms with Crippen LogP contribution in [0.2, 0.25) is 0 Å². The second-order valence-corrected chi connectivity index (χ2v) is 13.3. The molecular weight excluding hydrogens is 558 g/mol. The summed E-state index contributed by atoms with van der Waals surface area (Å²) in [6.07, 6.45) is 0.586. The van der Waals surface area contributed by atoms with Gasteiger partial charge in [0.1, 0.15) is 22.8 Å². The minimum atomic E-state index is -2.45. The van der Waals surface area contributed by atoms with Crippen molar-refractivity contribution in [2.24, 2.45) is 23.3 Å². The maximum absolute atomic E-state index is 14.3. The van der Waals surface area contributed by atoms with Crippen LogP contribution in [-0.4, -0.2) is 113 Å². The van der Waals surface area contributed by atoms with Gasteiger partial charge in [-0.25, -0.2) is 0 Å². The number of fused-ring (bicyclic) bond motifs is 2. The second kappa shape index (κ2) is 9.68. The van der Waals surface area contributed by atoms with Crippen LogP contribution < -0.4 is 16.4 Å². The number of aromatic hydroxyl groups is 1. The first-order chi connectivity index (χ1) is 19.8. The Morgan fingerprint density at radius 1 is 1.14 bits per heavy atom. The van der Waals surface area contributed by atoms with Crippen LogP contribution >= 0.6 is 0 Å². The highest BCUT2D eigenvalue weighted by molar-refractivity contribution is 6.14. The lowest BCUT2D eigenvalue weighted by Gasteiger charge is -2.46. The van der Waals surface area contributed by atoms with Crippen LogP contribution in [0.25, 0.3) is 5.76 Å². The molecule has 2 fully saturated rings. The number of ether oxygens (including phenoxy) is 1. The summed E-state index contributed by atoms with van der Waals surface area (Å²) in [7, 11) is 10.2. The Morgan fingerprint density at radius 3 is 2.30 bits per heavy atom. The summed E-state index contributed by atoms with van der Waals surface area (Å²) in [6.45, 7) is 1.70. The van der Waals surface area contributed by atoms with E-state index in [1.165, 1.54) is 4.90 Å². The minimum Gasteiger partial charge on any atom is -0.510 e. The van der Waals surface area contributed by atoms with E-state index in [4.69, 9.17) is 16.2 Å². The van der Waals surface area contributed by atoms with Gasteiger partial charge in [-0.05, 0) is 63.4 Å². The summed E-state index contributed by atoms with van der Waals surface area (Å²) in [5.41, 5.74) is 10.2. The Morgan fingerprint density at radius 2 is 1.77 bits per heavy atom. The van der Waals surface area contributed by atoms with E-state index >= 15 is 0 Å². The number of aliphatic hydroxyl groups is 3. The van der Waals surface area contributed by atoms with Crippen LogP contribution in [0.3, 0.4) is 0 Å². The SMILES string of the molecule is CN(C)C(=O)CC(C)(N)Cc1cc(N(C)C)c2c(c1O)C(O)=C1C(=O)[C@]34OC3(O)C(C(N)=O)=C(O)[C@@H](N(C)C)[C@@H]4C[C@@H]1C2. The van der Waals surface area contributed by atoms with E-state index in [0.29, 0.717) is 16.8 Å². The molecule has 5 rings (SSSR count). The topological polar surface area (TPSA) is 206 Å². The van der Waals surface area contributed by atoms with Gasteiger partial charge in [-0.15, -0.1) is 0 Å². The molecule has 2 amide bonds. The molecule has 1 spiro atoms. The quantitative estimate of drug-likeness (QED) is 0.229. The van der Waals surface area contributed by atoms with E-state index in [9.17, 15) is 34.8 Å². The van der Waals surface area contributed by atoms with Crippen molar-refractivity contribution < 1.29 is 39.5 Å². The molecule has 0 radical (unpaired) electrons. The number of phenols is 1. The monoisotopic (exact) mass is 599 g/mol. The van der Waals surface area contributed by atoms with E-state index < -0.39 is 63.6 Å². The zero-order valence-electron chi connectivity index (χ0n) is 25.6. The largest absolute Gasteiger partial charge is 0.510 e. The average Bonchev–Trinajstić information content (AvgIpc) is 3.50. The predicted octanol–water partition coefficient (Wildman–Crippen LogP) is -0.0744. The normalized spacial score (nSPS) is 30.7. The molecule has 1 saturated heterocycles. The number of carbonyl (C=O) groups excluding carboxylic acids is 3. The first kappa shape index (κ1) is 30.8. The van der Waals surface area contributed by atoms with Crippen molar-refractivity contribution in [1.82, 2.24) is 9.80 Å². The first-order valence-electron chi connectivity index (χ1n) is 14.2. The van der Waals surface area contributed by atoms with Gasteiger partial charge in [0.2, 0.25) is 17.5 Å². The molecular formula is C30H41N5O8. The molecule has 1 aromatic carbocycles. The number of nitrogens with two attached hydrogens (primary N) is 2. The van der Waals surface area contributed by atoms with Gasteiger partial charge >= 0.3 is 0 Å². The number of benzene rings is 1. The number of primary amides is 1. The van der Waals surface area contributed by atoms with Crippen LogP contribution in [0.5, 0.6) is 5.75 Å². The Labute approximate surface area is 250 Å². The van der Waals surface area contributed by atoms with Crippen LogP contribution in [0.15, 0.2) is 23.0 Å². The molecule has 6 atom stereocenters. The third-order valence-corrected chi connectivity index (χ3v) is 9.42. The number of phenolic OH excluding ortho intramolecular Hbond substituents is 1. The van der Waals surface area contributed by atoms with Gasteiger partial charge in [0, 0.05) is 57.3 Å². The lowest BCUT2D eigenvalue weighted by atomic mass is 9.58. The molecule has 0 bridgehead atoms. The summed E-state index contributed by atoms with van der Waals surface area (Å²) in [6, 6.07) is 0.916. The maximum atomic E-state index is 14.3. The van der Waals surface area contributed by atoms with Crippen molar-refractivity contribution in [3.8, 4) is 5.75 Å². The van der Waals surface area contributed by atoms with E-state index in [0.717, 1.165) is 0 Å². The van der Waals surface area contributed by atoms with Gasteiger partial charge in [0.05, 0.1) is 11.6 Å². The average molecular weight is 600 g/mol. The standard InChI is InChI=1S/C30H41N5O8/c1-28(32,12-18(36)34(4)5)11-14-10-17(33(2)3)15-8-13-9-16-22(35(6)7)25(39)21(27(31)41)30(42)29(16,43-30)26(40)19(13)24(38)20(15)23(14)37/h10,13,16,22,37-39,42H,8-9,11-12,32H2,1-7H3,(H2,31,41)/t13-,16-,22-,28?,29-,30?/m0/s1. The number of Topliss-reactive ketones (excluding diaryl/α,β-unsaturated/α-hetero) is 1. The van der Waals surface area contributed by atoms with Crippen LogP contribution in [-0.2, 0) is 32.0 Å². The van der Waals surface area contributed by atoms with Gasteiger partial charge < -0.3 is 46.4 Å². The van der Waals surface area contributed by atoms with Crippen LogP contribution in [0.1, 0.15) is 36.5 Å². The van der Waals surface area contributed by atoms with Gasteiger partial charge in [0.25, 0.3) is 5.91 Å². The fourth-order valence-electron chi connectivity index (χ4n) is 7.49. The molecule has 4 aliphatic rings. The van der Waals surface area contributed by atoms with E-state index in [1.807, 2.05) is 19.0 Å². The third-order valence-electron chi connectivity index (χ3n) is 9.42. The van der Waals surface area contributed by atoms with Crippen molar-refractivity contribution in [3.63, 3.8) is 0 Å². The number of likely N-dealkylation sites (N-methyl/N-ethyl adjacent to an activating group) is 1. The molecule has 1 aromatic rings. The first-order valence-corrected chi connectivity index (χ1v) is 14.2. The van der Waals surface area contributed by atoms with E-state index in [-0.39, 0.29) is 48.5 Å². The van der Waals surface area contributed by atoms with Crippen molar-refractivity contribution in [2.75, 3.05) is 47.2 Å². The number of epoxide rings is 1. The number of hydrogen-bond donors (Lipinski definition) is 6. The molecule has 1 heterocycles. The van der Waals surface area contributed by atoms with Crippen molar-refractivity contribution in [3.05, 3.63) is 39.7 Å². The molecule has 1 aliphatic heterocycles. The van der Waals surface area contributed by atoms with E-state index in [1.54, 1.807) is 46.1 Å². The summed E-state index contributed by atoms with van der Waals surface area (Å²) in [5, 5.41) is 45.8. The Hall–Kier alpha value is -3.65. The molecule has 13 heteroatoms. The Kier molecular flexibility index (Phi) is 6.93. The van der Waals surface area contributed by atoms with Crippen molar-refractivity contribution >= 4 is 29.0 Å². The number of aliphatic hydroxyl groups excluding tert-OH is 2. The molecule has 0 aromatic heterocycles. The summed E-state index contributed by atoms with van der Waals surface area (Å²) in [4.78, 5) is 44.0. The highest BCUT2D eigenvalue weighted by Crippen LogP contribution is 2.67. The number of amides is 2. The zero-order valence-corrected chi connectivity index (χ0v) is 25.6. The van der Waals surface area contributed by atoms with Crippen LogP contribution in [0, 0.1) is 11.8 Å². The summed E-state index contributed by atoms with van der Waals surface area (Å²) < 4.78 is 5.71. The van der Waals surface area contributed by atoms with Gasteiger partial charge in [-0.1, -0.05) is 0 Å². The molecule has 8 N–H and O–H groups in total. The van der Waals surface area contributed by atoms with Gasteiger partial charge in [0.15, 0.2) is 5.60 Å². The highest BCUT2D eigenvalue weighted by atomic mass is 16.8. The molecule has 43 heavy (non-hydrogen) atoms. The molecule has 3 aliphatic carbocycles. The number of anilines is 1. The zero-order chi connectivity index (χ0) is 32.1. The van der Waals surface area contributed by atoms with Gasteiger partial charge in [-0.3, -0.25) is 19.3 Å². The highest BCUT2D eigenvalue weighted by Gasteiger charge is 2.86. The molecule has 2 unspecified atom stereocenters. The van der Waals surface area contributed by atoms with Crippen LogP contribution in [0.4, 0.5) is 5.69 Å². The summed E-state index contributed by atoms with van der Waals surface area (Å²) >= 11 is 0.